The zero-order valence-corrected chi connectivity index (χ0v) is 17.4. The number of hydrogen-bond acceptors (Lipinski definition) is 4. The summed E-state index contributed by atoms with van der Waals surface area (Å²) in [7, 11) is 0. The van der Waals surface area contributed by atoms with Gasteiger partial charge in [0.25, 0.3) is 5.91 Å². The highest BCUT2D eigenvalue weighted by Crippen LogP contribution is 2.29. The molecule has 0 spiro atoms. The van der Waals surface area contributed by atoms with Gasteiger partial charge in [0.1, 0.15) is 5.58 Å². The number of nitrogens with zero attached hydrogens (tertiary/aromatic N) is 2. The summed E-state index contributed by atoms with van der Waals surface area (Å²) in [5.74, 6) is 0.325. The van der Waals surface area contributed by atoms with Gasteiger partial charge >= 0.3 is 0 Å². The van der Waals surface area contributed by atoms with Gasteiger partial charge in [-0.1, -0.05) is 19.4 Å². The molecule has 2 aromatic rings. The third-order valence-electron chi connectivity index (χ3n) is 6.11. The van der Waals surface area contributed by atoms with Crippen molar-refractivity contribution in [2.45, 2.75) is 39.5 Å². The van der Waals surface area contributed by atoms with E-state index < -0.39 is 0 Å². The van der Waals surface area contributed by atoms with Crippen molar-refractivity contribution in [1.29, 1.82) is 0 Å². The number of rotatable bonds is 4. The summed E-state index contributed by atoms with van der Waals surface area (Å²) in [6, 6.07) is 6.17. The van der Waals surface area contributed by atoms with E-state index in [1.165, 1.54) is 5.56 Å². The third kappa shape index (κ3) is 4.04. The Bertz CT molecular complexity index is 898. The predicted molar refractivity (Wildman–Crippen MR) is 111 cm³/mol. The number of fused-ring (bicyclic) bond motifs is 1. The van der Waals surface area contributed by atoms with Crippen LogP contribution < -0.4 is 0 Å². The molecule has 156 valence electrons. The predicted octanol–water partition coefficient (Wildman–Crippen LogP) is 3.40. The van der Waals surface area contributed by atoms with Crippen LogP contribution in [-0.2, 0) is 16.0 Å². The van der Waals surface area contributed by atoms with Crippen LogP contribution in [0.3, 0.4) is 0 Å². The van der Waals surface area contributed by atoms with Crippen molar-refractivity contribution in [1.82, 2.24) is 9.80 Å². The van der Waals surface area contributed by atoms with Crippen LogP contribution in [0.2, 0.25) is 0 Å². The average molecular weight is 399 g/mol. The van der Waals surface area contributed by atoms with Crippen LogP contribution in [0.5, 0.6) is 0 Å². The maximum absolute atomic E-state index is 13.2. The Hall–Kier alpha value is -2.34. The highest BCUT2D eigenvalue weighted by atomic mass is 16.5. The first-order valence-electron chi connectivity index (χ1n) is 10.8. The van der Waals surface area contributed by atoms with Crippen LogP contribution in [0.25, 0.3) is 11.0 Å². The lowest BCUT2D eigenvalue weighted by Gasteiger charge is -2.36. The molecule has 2 fully saturated rings. The van der Waals surface area contributed by atoms with Crippen LogP contribution >= 0.6 is 0 Å². The molecule has 2 aliphatic heterocycles. The van der Waals surface area contributed by atoms with Gasteiger partial charge in [-0.2, -0.15) is 0 Å². The molecule has 2 saturated heterocycles. The summed E-state index contributed by atoms with van der Waals surface area (Å²) in [4.78, 5) is 29.8. The Morgan fingerprint density at radius 2 is 1.93 bits per heavy atom. The molecule has 0 bridgehead atoms. The molecule has 1 unspecified atom stereocenters. The Kier molecular flexibility index (Phi) is 5.90. The molecular weight excluding hydrogens is 368 g/mol. The van der Waals surface area contributed by atoms with Gasteiger partial charge < -0.3 is 19.0 Å². The molecule has 6 nitrogen and oxygen atoms in total. The maximum atomic E-state index is 13.2. The maximum Gasteiger partial charge on any atom is 0.289 e. The standard InChI is InChI=1S/C23H30N2O4/c1-3-5-17-7-8-20-19(14-17)16(2)21(29-20)23(27)25-9-4-6-18(15-25)22(26)24-10-12-28-13-11-24/h7-8,14,18H,3-6,9-13,15H2,1-2H3. The van der Waals surface area contributed by atoms with Gasteiger partial charge in [0.2, 0.25) is 5.91 Å². The van der Waals surface area contributed by atoms with Crippen molar-refractivity contribution < 1.29 is 18.7 Å². The number of hydrogen-bond donors (Lipinski definition) is 0. The number of aryl methyl sites for hydroxylation is 2. The molecule has 1 aromatic carbocycles. The molecule has 0 aliphatic carbocycles. The number of piperidine rings is 1. The van der Waals surface area contributed by atoms with E-state index in [2.05, 4.69) is 19.1 Å². The lowest BCUT2D eigenvalue weighted by Crippen LogP contribution is -2.49. The van der Waals surface area contributed by atoms with E-state index in [9.17, 15) is 9.59 Å². The molecule has 4 rings (SSSR count). The van der Waals surface area contributed by atoms with E-state index >= 15 is 0 Å². The van der Waals surface area contributed by atoms with Crippen molar-refractivity contribution in [2.75, 3.05) is 39.4 Å². The van der Waals surface area contributed by atoms with Gasteiger partial charge in [0.05, 0.1) is 19.1 Å². The minimum Gasteiger partial charge on any atom is -0.451 e. The SMILES string of the molecule is CCCc1ccc2oc(C(=O)N3CCCC(C(=O)N4CCOCC4)C3)c(C)c2c1. The molecular formula is C23H30N2O4. The number of benzene rings is 1. The molecule has 0 radical (unpaired) electrons. The number of furan rings is 1. The Labute approximate surface area is 171 Å². The summed E-state index contributed by atoms with van der Waals surface area (Å²) in [5, 5.41) is 1.01. The van der Waals surface area contributed by atoms with Gasteiger partial charge in [0, 0.05) is 37.1 Å². The van der Waals surface area contributed by atoms with E-state index in [1.54, 1.807) is 4.90 Å². The molecule has 0 N–H and O–H groups in total. The quantitative estimate of drug-likeness (QED) is 0.792. The fraction of sp³-hybridized carbons (Fsp3) is 0.565. The van der Waals surface area contributed by atoms with Crippen LogP contribution in [0, 0.1) is 12.8 Å². The summed E-state index contributed by atoms with van der Waals surface area (Å²) in [5.41, 5.74) is 2.91. The Balaban J connectivity index is 1.51. The normalized spacial score (nSPS) is 20.3. The lowest BCUT2D eigenvalue weighted by atomic mass is 9.96. The molecule has 2 amide bonds. The summed E-state index contributed by atoms with van der Waals surface area (Å²) >= 11 is 0. The fourth-order valence-electron chi connectivity index (χ4n) is 4.46. The first-order chi connectivity index (χ1) is 14.1. The monoisotopic (exact) mass is 398 g/mol. The minimum absolute atomic E-state index is 0.102. The van der Waals surface area contributed by atoms with Gasteiger partial charge in [0.15, 0.2) is 5.76 Å². The van der Waals surface area contributed by atoms with Crippen LogP contribution in [0.1, 0.15) is 47.9 Å². The van der Waals surface area contributed by atoms with Crippen LogP contribution in [0.15, 0.2) is 22.6 Å². The van der Waals surface area contributed by atoms with E-state index in [-0.39, 0.29) is 17.7 Å². The second-order valence-electron chi connectivity index (χ2n) is 8.16. The van der Waals surface area contributed by atoms with Gasteiger partial charge in [-0.25, -0.2) is 0 Å². The van der Waals surface area contributed by atoms with Gasteiger partial charge in [-0.05, 0) is 43.9 Å². The number of carbonyl (C=O) groups excluding carboxylic acids is 2. The second kappa shape index (κ2) is 8.57. The molecule has 1 aromatic heterocycles. The van der Waals surface area contributed by atoms with Gasteiger partial charge in [-0.15, -0.1) is 0 Å². The summed E-state index contributed by atoms with van der Waals surface area (Å²) < 4.78 is 11.3. The van der Waals surface area contributed by atoms with E-state index in [0.29, 0.717) is 45.2 Å². The largest absolute Gasteiger partial charge is 0.451 e. The number of carbonyl (C=O) groups is 2. The number of ether oxygens (including phenoxy) is 1. The van der Waals surface area contributed by atoms with Crippen LogP contribution in [0.4, 0.5) is 0 Å². The van der Waals surface area contributed by atoms with Crippen molar-refractivity contribution in [3.05, 3.63) is 35.1 Å². The Morgan fingerprint density at radius 1 is 1.14 bits per heavy atom. The first kappa shape index (κ1) is 20.0. The van der Waals surface area contributed by atoms with E-state index in [1.807, 2.05) is 17.9 Å². The Morgan fingerprint density at radius 3 is 2.69 bits per heavy atom. The molecule has 0 saturated carbocycles. The molecule has 6 heteroatoms. The highest BCUT2D eigenvalue weighted by Gasteiger charge is 2.33. The number of likely N-dealkylation sites (tertiary alicyclic amines) is 1. The number of amides is 2. The molecule has 3 heterocycles. The zero-order chi connectivity index (χ0) is 20.4. The second-order valence-corrected chi connectivity index (χ2v) is 8.16. The smallest absolute Gasteiger partial charge is 0.289 e. The molecule has 1 atom stereocenters. The third-order valence-corrected chi connectivity index (χ3v) is 6.11. The molecule has 2 aliphatic rings. The van der Waals surface area contributed by atoms with Crippen LogP contribution in [-0.4, -0.2) is 61.0 Å². The zero-order valence-electron chi connectivity index (χ0n) is 17.4. The van der Waals surface area contributed by atoms with Crippen molar-refractivity contribution in [2.24, 2.45) is 5.92 Å². The highest BCUT2D eigenvalue weighted by molar-refractivity contribution is 5.99. The lowest BCUT2D eigenvalue weighted by molar-refractivity contribution is -0.141. The first-order valence-corrected chi connectivity index (χ1v) is 10.8. The van der Waals surface area contributed by atoms with E-state index in [4.69, 9.17) is 9.15 Å². The van der Waals surface area contributed by atoms with Crippen molar-refractivity contribution >= 4 is 22.8 Å². The van der Waals surface area contributed by atoms with Crippen molar-refractivity contribution in [3.63, 3.8) is 0 Å². The number of morpholine rings is 1. The summed E-state index contributed by atoms with van der Waals surface area (Å²) in [6.45, 7) is 7.73. The molecule has 29 heavy (non-hydrogen) atoms. The minimum atomic E-state index is -0.133. The van der Waals surface area contributed by atoms with Gasteiger partial charge in [-0.3, -0.25) is 9.59 Å². The fourth-order valence-corrected chi connectivity index (χ4v) is 4.46. The summed E-state index contributed by atoms with van der Waals surface area (Å²) in [6.07, 6.45) is 3.77. The average Bonchev–Trinajstić information content (AvgIpc) is 3.09. The topological polar surface area (TPSA) is 63.0 Å². The van der Waals surface area contributed by atoms with Crippen molar-refractivity contribution in [3.8, 4) is 0 Å². The van der Waals surface area contributed by atoms with E-state index in [0.717, 1.165) is 42.2 Å².